The van der Waals surface area contributed by atoms with Crippen LogP contribution >= 0.6 is 15.9 Å². The topological polar surface area (TPSA) is 49.3 Å². The minimum Gasteiger partial charge on any atom is -0.353 e. The summed E-state index contributed by atoms with van der Waals surface area (Å²) >= 11 is 3.40. The second-order valence-corrected chi connectivity index (χ2v) is 5.63. The smallest absolute Gasteiger partial charge is 0.223 e. The predicted molar refractivity (Wildman–Crippen MR) is 71.4 cm³/mol. The Morgan fingerprint density at radius 1 is 1.39 bits per heavy atom. The van der Waals surface area contributed by atoms with Gasteiger partial charge in [0, 0.05) is 38.2 Å². The Kier molecular flexibility index (Phi) is 2.97. The van der Waals surface area contributed by atoms with E-state index < -0.39 is 0 Å². The van der Waals surface area contributed by atoms with E-state index in [1.807, 2.05) is 17.9 Å². The molecule has 1 aromatic rings. The number of anilines is 1. The number of piperazine rings is 1. The van der Waals surface area contributed by atoms with Crippen molar-refractivity contribution in [2.75, 3.05) is 24.5 Å². The third kappa shape index (κ3) is 2.09. The van der Waals surface area contributed by atoms with Crippen molar-refractivity contribution in [3.8, 4) is 0 Å². The molecule has 2 aliphatic heterocycles. The lowest BCUT2D eigenvalue weighted by molar-refractivity contribution is -0.129. The predicted octanol–water partition coefficient (Wildman–Crippen LogP) is 1.36. The molecule has 3 heterocycles. The van der Waals surface area contributed by atoms with Gasteiger partial charge < -0.3 is 9.80 Å². The quantitative estimate of drug-likeness (QED) is 0.735. The zero-order chi connectivity index (χ0) is 12.7. The van der Waals surface area contributed by atoms with Gasteiger partial charge in [-0.25, -0.2) is 9.97 Å². The van der Waals surface area contributed by atoms with Crippen LogP contribution in [0.5, 0.6) is 0 Å². The van der Waals surface area contributed by atoms with Crippen LogP contribution in [-0.2, 0) is 4.79 Å². The lowest BCUT2D eigenvalue weighted by Gasteiger charge is -2.38. The van der Waals surface area contributed by atoms with Crippen LogP contribution in [0.3, 0.4) is 0 Å². The first-order valence-corrected chi connectivity index (χ1v) is 6.98. The number of fused-ring (bicyclic) bond motifs is 1. The highest BCUT2D eigenvalue weighted by Crippen LogP contribution is 2.26. The Hall–Kier alpha value is -1.17. The molecule has 1 aromatic heterocycles. The summed E-state index contributed by atoms with van der Waals surface area (Å²) in [5.41, 5.74) is 0. The molecule has 0 saturated carbocycles. The molecule has 0 spiro atoms. The average molecular weight is 311 g/mol. The minimum absolute atomic E-state index is 0.305. The molecule has 0 aliphatic carbocycles. The maximum Gasteiger partial charge on any atom is 0.223 e. The van der Waals surface area contributed by atoms with E-state index in [1.165, 1.54) is 0 Å². The summed E-state index contributed by atoms with van der Waals surface area (Å²) in [5.74, 6) is 2.03. The van der Waals surface area contributed by atoms with Crippen molar-refractivity contribution in [2.24, 2.45) is 0 Å². The number of halogens is 1. The Morgan fingerprint density at radius 2 is 2.22 bits per heavy atom. The second-order valence-electron chi connectivity index (χ2n) is 4.82. The molecule has 5 nitrogen and oxygen atoms in total. The van der Waals surface area contributed by atoms with E-state index in [2.05, 4.69) is 30.8 Å². The number of carbonyl (C=O) groups excluding carboxylic acids is 1. The number of rotatable bonds is 1. The van der Waals surface area contributed by atoms with E-state index in [0.717, 1.165) is 42.3 Å². The van der Waals surface area contributed by atoms with Gasteiger partial charge in [0.25, 0.3) is 0 Å². The van der Waals surface area contributed by atoms with Gasteiger partial charge in [-0.3, -0.25) is 4.79 Å². The van der Waals surface area contributed by atoms with Crippen molar-refractivity contribution >= 4 is 27.7 Å². The molecule has 2 saturated heterocycles. The number of aromatic nitrogens is 2. The van der Waals surface area contributed by atoms with E-state index in [-0.39, 0.29) is 0 Å². The molecular formula is C12H15BrN4O. The van der Waals surface area contributed by atoms with Gasteiger partial charge in [0.15, 0.2) is 0 Å². The molecule has 0 radical (unpaired) electrons. The maximum absolute atomic E-state index is 11.6. The summed E-state index contributed by atoms with van der Waals surface area (Å²) in [6, 6.07) is 2.31. The van der Waals surface area contributed by atoms with Crippen molar-refractivity contribution in [1.82, 2.24) is 14.9 Å². The molecule has 0 N–H and O–H groups in total. The maximum atomic E-state index is 11.6. The van der Waals surface area contributed by atoms with E-state index in [4.69, 9.17) is 0 Å². The van der Waals surface area contributed by atoms with E-state index >= 15 is 0 Å². The largest absolute Gasteiger partial charge is 0.353 e. The molecule has 0 aromatic carbocycles. The van der Waals surface area contributed by atoms with Crippen LogP contribution in [0.4, 0.5) is 5.82 Å². The standard InChI is InChI=1S/C12H15BrN4O/c1-8-14-10(13)6-11(15-8)16-4-5-17-9(7-16)2-3-12(17)18/h6,9H,2-5,7H2,1H3. The summed E-state index contributed by atoms with van der Waals surface area (Å²) in [6.07, 6.45) is 1.67. The van der Waals surface area contributed by atoms with Crippen molar-refractivity contribution < 1.29 is 4.79 Å². The third-order valence-electron chi connectivity index (χ3n) is 3.61. The fraction of sp³-hybridized carbons (Fsp3) is 0.583. The fourth-order valence-electron chi connectivity index (χ4n) is 2.75. The van der Waals surface area contributed by atoms with Crippen molar-refractivity contribution in [1.29, 1.82) is 0 Å². The zero-order valence-electron chi connectivity index (χ0n) is 10.3. The summed E-state index contributed by atoms with van der Waals surface area (Å²) in [5, 5.41) is 0. The number of nitrogens with zero attached hydrogens (tertiary/aromatic N) is 4. The molecule has 2 fully saturated rings. The van der Waals surface area contributed by atoms with Crippen molar-refractivity contribution in [3.05, 3.63) is 16.5 Å². The molecule has 18 heavy (non-hydrogen) atoms. The molecule has 2 aliphatic rings. The van der Waals surface area contributed by atoms with Crippen molar-refractivity contribution in [3.63, 3.8) is 0 Å². The number of carbonyl (C=O) groups is 1. The van der Waals surface area contributed by atoms with Crippen molar-refractivity contribution in [2.45, 2.75) is 25.8 Å². The van der Waals surface area contributed by atoms with Crippen LogP contribution < -0.4 is 4.90 Å². The zero-order valence-corrected chi connectivity index (χ0v) is 11.9. The molecule has 1 unspecified atom stereocenters. The number of hydrogen-bond acceptors (Lipinski definition) is 4. The van der Waals surface area contributed by atoms with Gasteiger partial charge in [-0.2, -0.15) is 0 Å². The molecule has 3 rings (SSSR count). The van der Waals surface area contributed by atoms with E-state index in [9.17, 15) is 4.79 Å². The average Bonchev–Trinajstić information content (AvgIpc) is 2.69. The third-order valence-corrected chi connectivity index (χ3v) is 4.02. The van der Waals surface area contributed by atoms with Crippen LogP contribution in [0.25, 0.3) is 0 Å². The second kappa shape index (κ2) is 4.50. The van der Waals surface area contributed by atoms with E-state index in [1.54, 1.807) is 0 Å². The SMILES string of the molecule is Cc1nc(Br)cc(N2CCN3C(=O)CCC3C2)n1. The normalized spacial score (nSPS) is 23.4. The lowest BCUT2D eigenvalue weighted by Crippen LogP contribution is -2.51. The van der Waals surface area contributed by atoms with E-state index in [0.29, 0.717) is 18.4 Å². The molecule has 1 atom stereocenters. The van der Waals surface area contributed by atoms with Gasteiger partial charge in [-0.05, 0) is 29.3 Å². The van der Waals surface area contributed by atoms with Gasteiger partial charge in [-0.1, -0.05) is 0 Å². The van der Waals surface area contributed by atoms with Gasteiger partial charge in [-0.15, -0.1) is 0 Å². The molecule has 96 valence electrons. The van der Waals surface area contributed by atoms with Crippen LogP contribution in [-0.4, -0.2) is 46.5 Å². The van der Waals surface area contributed by atoms with Crippen LogP contribution in [0.2, 0.25) is 0 Å². The van der Waals surface area contributed by atoms with Gasteiger partial charge in [0.05, 0.1) is 0 Å². The Labute approximate surface area is 114 Å². The minimum atomic E-state index is 0.305. The molecule has 1 amide bonds. The highest BCUT2D eigenvalue weighted by Gasteiger charge is 2.35. The molecule has 6 heteroatoms. The highest BCUT2D eigenvalue weighted by atomic mass is 79.9. The first kappa shape index (κ1) is 11.9. The fourth-order valence-corrected chi connectivity index (χ4v) is 3.21. The Balaban J connectivity index is 1.80. The number of amides is 1. The van der Waals surface area contributed by atoms with Gasteiger partial charge >= 0.3 is 0 Å². The molecule has 0 bridgehead atoms. The van der Waals surface area contributed by atoms with Crippen LogP contribution in [0.1, 0.15) is 18.7 Å². The molecular weight excluding hydrogens is 296 g/mol. The van der Waals surface area contributed by atoms with Gasteiger partial charge in [0.2, 0.25) is 5.91 Å². The lowest BCUT2D eigenvalue weighted by atomic mass is 10.1. The van der Waals surface area contributed by atoms with Crippen LogP contribution in [0.15, 0.2) is 10.7 Å². The van der Waals surface area contributed by atoms with Crippen LogP contribution in [0, 0.1) is 6.92 Å². The summed E-state index contributed by atoms with van der Waals surface area (Å²) in [7, 11) is 0. The number of hydrogen-bond donors (Lipinski definition) is 0. The summed E-state index contributed by atoms with van der Waals surface area (Å²) in [4.78, 5) is 24.6. The first-order chi connectivity index (χ1) is 8.63. The summed E-state index contributed by atoms with van der Waals surface area (Å²) < 4.78 is 0.815. The highest BCUT2D eigenvalue weighted by molar-refractivity contribution is 9.10. The Bertz CT molecular complexity index is 473. The monoisotopic (exact) mass is 310 g/mol. The summed E-state index contributed by atoms with van der Waals surface area (Å²) in [6.45, 7) is 4.44. The number of aryl methyl sites for hydroxylation is 1. The Morgan fingerprint density at radius 3 is 3.00 bits per heavy atom. The first-order valence-electron chi connectivity index (χ1n) is 6.19. The van der Waals surface area contributed by atoms with Gasteiger partial charge in [0.1, 0.15) is 16.2 Å².